The average molecular weight is 584 g/mol. The number of rotatable bonds is 8. The minimum Gasteiger partial charge on any atom is -0.495 e. The predicted octanol–water partition coefficient (Wildman–Crippen LogP) is 5.36. The van der Waals surface area contributed by atoms with Crippen molar-refractivity contribution in [1.82, 2.24) is 29.6 Å². The van der Waals surface area contributed by atoms with Crippen LogP contribution in [0.1, 0.15) is 21.1 Å². The van der Waals surface area contributed by atoms with Crippen molar-refractivity contribution in [3.63, 3.8) is 0 Å². The van der Waals surface area contributed by atoms with Gasteiger partial charge in [-0.1, -0.05) is 42.1 Å². The lowest BCUT2D eigenvalue weighted by atomic mass is 10.2. The lowest BCUT2D eigenvalue weighted by Gasteiger charge is -2.36. The molecule has 0 radical (unpaired) electrons. The summed E-state index contributed by atoms with van der Waals surface area (Å²) in [6.07, 6.45) is 3.54. The van der Waals surface area contributed by atoms with Crippen molar-refractivity contribution in [2.45, 2.75) is 17.8 Å². The topological polar surface area (TPSA) is 89.3 Å². The predicted molar refractivity (Wildman–Crippen MR) is 162 cm³/mol. The average Bonchev–Trinajstić information content (AvgIpc) is 3.68. The highest BCUT2D eigenvalue weighted by Gasteiger charge is 2.25. The number of carbonyl (C=O) groups is 1. The first kappa shape index (κ1) is 27.0. The van der Waals surface area contributed by atoms with Gasteiger partial charge in [-0.15, -0.1) is 21.5 Å². The van der Waals surface area contributed by atoms with Crippen LogP contribution in [0.3, 0.4) is 0 Å². The number of ether oxygens (including phenoxy) is 1. The van der Waals surface area contributed by atoms with Crippen molar-refractivity contribution in [2.75, 3.05) is 38.2 Å². The molecule has 208 valence electrons. The van der Waals surface area contributed by atoms with Crippen LogP contribution in [0.4, 0.5) is 5.69 Å². The number of hydrogen-bond acceptors (Lipinski definition) is 9. The fourth-order valence-electron chi connectivity index (χ4n) is 4.88. The van der Waals surface area contributed by atoms with Gasteiger partial charge < -0.3 is 14.5 Å². The molecule has 0 spiro atoms. The summed E-state index contributed by atoms with van der Waals surface area (Å²) in [6.45, 7) is 4.83. The SMILES string of the molecule is COc1ccccc1N1CCN(C(=O)c2csc(CSc3nnc(-c4cccnc4)n3-c3ccccc3C)n2)CC1. The molecule has 9 nitrogen and oxygen atoms in total. The van der Waals surface area contributed by atoms with E-state index in [2.05, 4.69) is 49.8 Å². The van der Waals surface area contributed by atoms with Crippen molar-refractivity contribution in [3.05, 3.63) is 94.7 Å². The number of aromatic nitrogens is 5. The molecule has 11 heteroatoms. The van der Waals surface area contributed by atoms with Crippen LogP contribution in [0.15, 0.2) is 83.6 Å². The largest absolute Gasteiger partial charge is 0.495 e. The van der Waals surface area contributed by atoms with Gasteiger partial charge in [0.25, 0.3) is 5.91 Å². The number of carbonyl (C=O) groups excluding carboxylic acids is 1. The maximum Gasteiger partial charge on any atom is 0.273 e. The third-order valence-corrected chi connectivity index (χ3v) is 8.97. The number of piperazine rings is 1. The second-order valence-corrected chi connectivity index (χ2v) is 11.4. The number of benzene rings is 2. The van der Waals surface area contributed by atoms with Gasteiger partial charge in [0.1, 0.15) is 16.5 Å². The Hall–Kier alpha value is -4.22. The lowest BCUT2D eigenvalue weighted by molar-refractivity contribution is 0.0741. The Labute approximate surface area is 246 Å². The monoisotopic (exact) mass is 583 g/mol. The Kier molecular flexibility index (Phi) is 7.97. The highest BCUT2D eigenvalue weighted by atomic mass is 32.2. The molecule has 0 saturated carbocycles. The molecule has 0 bridgehead atoms. The van der Waals surface area contributed by atoms with Gasteiger partial charge >= 0.3 is 0 Å². The number of pyridine rings is 1. The number of aryl methyl sites for hydroxylation is 1. The fraction of sp³-hybridized carbons (Fsp3) is 0.233. The molecule has 0 N–H and O–H groups in total. The molecule has 0 unspecified atom stereocenters. The Morgan fingerprint density at radius 3 is 2.51 bits per heavy atom. The first-order chi connectivity index (χ1) is 20.1. The Bertz CT molecular complexity index is 1650. The highest BCUT2D eigenvalue weighted by molar-refractivity contribution is 7.98. The molecule has 0 aliphatic carbocycles. The van der Waals surface area contributed by atoms with E-state index in [9.17, 15) is 4.79 Å². The normalized spacial score (nSPS) is 13.4. The van der Waals surface area contributed by atoms with Gasteiger partial charge in [0.15, 0.2) is 11.0 Å². The van der Waals surface area contributed by atoms with Crippen LogP contribution in [-0.2, 0) is 5.75 Å². The van der Waals surface area contributed by atoms with Crippen LogP contribution in [0.25, 0.3) is 17.1 Å². The van der Waals surface area contributed by atoms with Crippen LogP contribution < -0.4 is 9.64 Å². The van der Waals surface area contributed by atoms with Crippen molar-refractivity contribution in [2.24, 2.45) is 0 Å². The molecule has 1 saturated heterocycles. The van der Waals surface area contributed by atoms with E-state index < -0.39 is 0 Å². The van der Waals surface area contributed by atoms with Crippen LogP contribution in [-0.4, -0.2) is 68.8 Å². The summed E-state index contributed by atoms with van der Waals surface area (Å²) in [6, 6.07) is 20.0. The van der Waals surface area contributed by atoms with E-state index in [1.165, 1.54) is 11.3 Å². The highest BCUT2D eigenvalue weighted by Crippen LogP contribution is 2.32. The third kappa shape index (κ3) is 5.68. The summed E-state index contributed by atoms with van der Waals surface area (Å²) >= 11 is 3.05. The molecule has 5 aromatic rings. The minimum absolute atomic E-state index is 0.0286. The first-order valence-corrected chi connectivity index (χ1v) is 15.1. The van der Waals surface area contributed by atoms with Gasteiger partial charge in [-0.25, -0.2) is 4.98 Å². The molecule has 1 aliphatic heterocycles. The quantitative estimate of drug-likeness (QED) is 0.226. The van der Waals surface area contributed by atoms with E-state index in [0.717, 1.165) is 57.3 Å². The minimum atomic E-state index is -0.0286. The maximum atomic E-state index is 13.3. The van der Waals surface area contributed by atoms with E-state index in [1.54, 1.807) is 31.3 Å². The molecule has 6 rings (SSSR count). The van der Waals surface area contributed by atoms with Gasteiger partial charge in [0.2, 0.25) is 0 Å². The smallest absolute Gasteiger partial charge is 0.273 e. The Morgan fingerprint density at radius 1 is 0.976 bits per heavy atom. The van der Waals surface area contributed by atoms with E-state index in [0.29, 0.717) is 24.5 Å². The zero-order valence-electron chi connectivity index (χ0n) is 22.8. The van der Waals surface area contributed by atoms with Crippen molar-refractivity contribution >= 4 is 34.7 Å². The summed E-state index contributed by atoms with van der Waals surface area (Å²) in [7, 11) is 1.68. The molecule has 3 aromatic heterocycles. The van der Waals surface area contributed by atoms with Gasteiger partial charge in [-0.3, -0.25) is 14.3 Å². The van der Waals surface area contributed by atoms with E-state index in [4.69, 9.17) is 9.72 Å². The third-order valence-electron chi connectivity index (χ3n) is 7.00. The molecule has 4 heterocycles. The van der Waals surface area contributed by atoms with Gasteiger partial charge in [-0.2, -0.15) is 0 Å². The standard InChI is InChI=1S/C30H29N7O2S2/c1-21-8-3-4-10-24(21)37-28(22-9-7-13-31-18-22)33-34-30(37)41-20-27-32-23(19-40-27)29(38)36-16-14-35(15-17-36)25-11-5-6-12-26(25)39-2/h3-13,18-19H,14-17,20H2,1-2H3. The second-order valence-electron chi connectivity index (χ2n) is 9.54. The van der Waals surface area contributed by atoms with Crippen molar-refractivity contribution in [3.8, 4) is 22.8 Å². The number of anilines is 1. The van der Waals surface area contributed by atoms with Gasteiger partial charge in [-0.05, 0) is 42.8 Å². The summed E-state index contributed by atoms with van der Waals surface area (Å²) < 4.78 is 7.58. The van der Waals surface area contributed by atoms with Gasteiger partial charge in [0.05, 0.1) is 24.2 Å². The lowest BCUT2D eigenvalue weighted by Crippen LogP contribution is -2.49. The molecule has 1 aliphatic rings. The number of nitrogens with zero attached hydrogens (tertiary/aromatic N) is 7. The van der Waals surface area contributed by atoms with Crippen LogP contribution in [0.5, 0.6) is 5.75 Å². The molecule has 41 heavy (non-hydrogen) atoms. The molecule has 1 amide bonds. The molecule has 0 atom stereocenters. The molecular formula is C30H29N7O2S2. The van der Waals surface area contributed by atoms with Crippen molar-refractivity contribution < 1.29 is 9.53 Å². The molecule has 2 aromatic carbocycles. The summed E-state index contributed by atoms with van der Waals surface area (Å²) in [5.41, 5.74) is 4.57. The second kappa shape index (κ2) is 12.1. The summed E-state index contributed by atoms with van der Waals surface area (Å²) in [5.74, 6) is 2.13. The van der Waals surface area contributed by atoms with E-state index in [1.807, 2.05) is 52.7 Å². The molecular weight excluding hydrogens is 555 g/mol. The Balaban J connectivity index is 1.14. The number of thioether (sulfide) groups is 1. The number of para-hydroxylation sites is 3. The summed E-state index contributed by atoms with van der Waals surface area (Å²) in [5, 5.41) is 12.5. The van der Waals surface area contributed by atoms with Crippen LogP contribution in [0, 0.1) is 6.92 Å². The van der Waals surface area contributed by atoms with E-state index in [-0.39, 0.29) is 5.91 Å². The maximum absolute atomic E-state index is 13.3. The number of amides is 1. The zero-order valence-corrected chi connectivity index (χ0v) is 24.4. The summed E-state index contributed by atoms with van der Waals surface area (Å²) in [4.78, 5) is 26.4. The van der Waals surface area contributed by atoms with E-state index >= 15 is 0 Å². The first-order valence-electron chi connectivity index (χ1n) is 13.3. The number of thiazole rings is 1. The van der Waals surface area contributed by atoms with Crippen LogP contribution >= 0.6 is 23.1 Å². The Morgan fingerprint density at radius 2 is 1.76 bits per heavy atom. The number of methoxy groups -OCH3 is 1. The molecule has 1 fully saturated rings. The zero-order chi connectivity index (χ0) is 28.2. The van der Waals surface area contributed by atoms with Gasteiger partial charge in [0, 0.05) is 49.5 Å². The fourth-order valence-corrected chi connectivity index (χ4v) is 6.61. The van der Waals surface area contributed by atoms with Crippen molar-refractivity contribution in [1.29, 1.82) is 0 Å². The van der Waals surface area contributed by atoms with Crippen LogP contribution in [0.2, 0.25) is 0 Å². The number of hydrogen-bond donors (Lipinski definition) is 0.